The van der Waals surface area contributed by atoms with Gasteiger partial charge in [-0.1, -0.05) is 12.1 Å². The van der Waals surface area contributed by atoms with Crippen molar-refractivity contribution in [3.05, 3.63) is 29.8 Å². The summed E-state index contributed by atoms with van der Waals surface area (Å²) in [6.07, 6.45) is 0. The summed E-state index contributed by atoms with van der Waals surface area (Å²) in [5.41, 5.74) is 1.85. The van der Waals surface area contributed by atoms with Gasteiger partial charge in [-0.3, -0.25) is 9.74 Å². The van der Waals surface area contributed by atoms with E-state index >= 15 is 0 Å². The summed E-state index contributed by atoms with van der Waals surface area (Å²) >= 11 is 0. The molecule has 1 saturated heterocycles. The highest BCUT2D eigenvalue weighted by molar-refractivity contribution is 5.93. The zero-order valence-corrected chi connectivity index (χ0v) is 9.22. The first-order valence-corrected chi connectivity index (χ1v) is 5.15. The molecule has 1 aliphatic rings. The van der Waals surface area contributed by atoms with E-state index in [-0.39, 0.29) is 6.03 Å². The van der Waals surface area contributed by atoms with E-state index in [0.29, 0.717) is 6.61 Å². The van der Waals surface area contributed by atoms with Gasteiger partial charge < -0.3 is 4.90 Å². The van der Waals surface area contributed by atoms with Crippen molar-refractivity contribution in [1.82, 2.24) is 4.90 Å². The number of nitrogens with two attached hydrogens (primary N) is 1. The molecule has 0 aliphatic carbocycles. The molecule has 0 atom stereocenters. The minimum Gasteiger partial charge on any atom is -0.326 e. The van der Waals surface area contributed by atoms with Crippen LogP contribution in [0.2, 0.25) is 0 Å². The first-order valence-electron chi connectivity index (χ1n) is 5.15. The Labute approximate surface area is 94.3 Å². The van der Waals surface area contributed by atoms with Crippen LogP contribution in [0.3, 0.4) is 0 Å². The summed E-state index contributed by atoms with van der Waals surface area (Å²) in [7, 11) is 1.80. The lowest BCUT2D eigenvalue weighted by Crippen LogP contribution is -2.29. The predicted octanol–water partition coefficient (Wildman–Crippen LogP) is 0.949. The summed E-state index contributed by atoms with van der Waals surface area (Å²) in [5.74, 6) is 5.02. The highest BCUT2D eigenvalue weighted by Gasteiger charge is 2.26. The Bertz CT molecular complexity index is 395. The first-order chi connectivity index (χ1) is 7.72. The summed E-state index contributed by atoms with van der Waals surface area (Å²) in [5, 5.41) is 0. The van der Waals surface area contributed by atoms with Gasteiger partial charge in [0.25, 0.3) is 0 Å². The van der Waals surface area contributed by atoms with Crippen LogP contribution in [0.1, 0.15) is 5.56 Å². The third kappa shape index (κ3) is 2.00. The number of hydrogen-bond acceptors (Lipinski definition) is 3. The summed E-state index contributed by atoms with van der Waals surface area (Å²) in [6, 6.07) is 7.68. The second-order valence-corrected chi connectivity index (χ2v) is 3.84. The molecule has 5 heteroatoms. The van der Waals surface area contributed by atoms with Gasteiger partial charge >= 0.3 is 6.03 Å². The van der Waals surface area contributed by atoms with Crippen molar-refractivity contribution < 1.29 is 9.63 Å². The highest BCUT2D eigenvalue weighted by Crippen LogP contribution is 2.20. The molecule has 1 aliphatic heterocycles. The van der Waals surface area contributed by atoms with Gasteiger partial charge in [0.2, 0.25) is 0 Å². The second-order valence-electron chi connectivity index (χ2n) is 3.84. The zero-order chi connectivity index (χ0) is 11.5. The molecule has 2 amide bonds. The fourth-order valence-corrected chi connectivity index (χ4v) is 1.80. The lowest BCUT2D eigenvalue weighted by Gasteiger charge is -2.16. The predicted molar refractivity (Wildman–Crippen MR) is 60.8 cm³/mol. The van der Waals surface area contributed by atoms with Crippen LogP contribution in [0, 0.1) is 0 Å². The van der Waals surface area contributed by atoms with Crippen LogP contribution in [-0.4, -0.2) is 31.1 Å². The standard InChI is InChI=1S/C11H15N3O2/c1-13-5-6-14(11(13)15)10-4-2-3-9(7-10)8-16-12/h2-4,7H,5-6,8,12H2,1H3. The number of carbonyl (C=O) groups is 1. The van der Waals surface area contributed by atoms with E-state index in [9.17, 15) is 4.79 Å². The van der Waals surface area contributed by atoms with Crippen LogP contribution >= 0.6 is 0 Å². The molecule has 0 radical (unpaired) electrons. The molecule has 16 heavy (non-hydrogen) atoms. The van der Waals surface area contributed by atoms with Gasteiger partial charge in [-0.2, -0.15) is 0 Å². The molecular formula is C11H15N3O2. The van der Waals surface area contributed by atoms with Gasteiger partial charge in [0.15, 0.2) is 0 Å². The van der Waals surface area contributed by atoms with Crippen molar-refractivity contribution in [2.24, 2.45) is 5.90 Å². The molecule has 2 N–H and O–H groups in total. The molecule has 1 fully saturated rings. The van der Waals surface area contributed by atoms with Crippen molar-refractivity contribution in [3.63, 3.8) is 0 Å². The summed E-state index contributed by atoms with van der Waals surface area (Å²) < 4.78 is 0. The molecule has 5 nitrogen and oxygen atoms in total. The first kappa shape index (κ1) is 10.9. The molecule has 1 heterocycles. The van der Waals surface area contributed by atoms with Crippen molar-refractivity contribution >= 4 is 11.7 Å². The van der Waals surface area contributed by atoms with Gasteiger partial charge in [-0.05, 0) is 17.7 Å². The topological polar surface area (TPSA) is 58.8 Å². The maximum Gasteiger partial charge on any atom is 0.324 e. The molecule has 0 aromatic heterocycles. The lowest BCUT2D eigenvalue weighted by molar-refractivity contribution is 0.124. The van der Waals surface area contributed by atoms with Gasteiger partial charge in [-0.15, -0.1) is 0 Å². The average Bonchev–Trinajstić information content (AvgIpc) is 2.61. The number of rotatable bonds is 3. The van der Waals surface area contributed by atoms with Gasteiger partial charge in [0.1, 0.15) is 0 Å². The maximum absolute atomic E-state index is 11.8. The van der Waals surface area contributed by atoms with E-state index < -0.39 is 0 Å². The Hall–Kier alpha value is -1.59. The normalized spacial score (nSPS) is 16.0. The summed E-state index contributed by atoms with van der Waals surface area (Å²) in [6.45, 7) is 1.84. The number of amides is 2. The molecule has 1 aromatic rings. The van der Waals surface area contributed by atoms with Gasteiger partial charge in [0, 0.05) is 25.8 Å². The highest BCUT2D eigenvalue weighted by atomic mass is 16.6. The van der Waals surface area contributed by atoms with Gasteiger partial charge in [0.05, 0.1) is 6.61 Å². The third-order valence-corrected chi connectivity index (χ3v) is 2.69. The SMILES string of the molecule is CN1CCN(c2cccc(CON)c2)C1=O. The number of urea groups is 1. The molecule has 1 aromatic carbocycles. The fourth-order valence-electron chi connectivity index (χ4n) is 1.80. The third-order valence-electron chi connectivity index (χ3n) is 2.69. The number of carbonyl (C=O) groups excluding carboxylic acids is 1. The van der Waals surface area contributed by atoms with Crippen molar-refractivity contribution in [2.45, 2.75) is 6.61 Å². The fraction of sp³-hybridized carbons (Fsp3) is 0.364. The monoisotopic (exact) mass is 221 g/mol. The molecule has 0 unspecified atom stereocenters. The second kappa shape index (κ2) is 4.51. The van der Waals surface area contributed by atoms with E-state index in [4.69, 9.17) is 5.90 Å². The maximum atomic E-state index is 11.8. The number of likely N-dealkylation sites (N-methyl/N-ethyl adjacent to an activating group) is 1. The molecular weight excluding hydrogens is 206 g/mol. The van der Waals surface area contributed by atoms with Crippen molar-refractivity contribution in [3.8, 4) is 0 Å². The van der Waals surface area contributed by atoms with Crippen molar-refractivity contribution in [1.29, 1.82) is 0 Å². The smallest absolute Gasteiger partial charge is 0.324 e. The number of nitrogens with zero attached hydrogens (tertiary/aromatic N) is 2. The van der Waals surface area contributed by atoms with Crippen LogP contribution in [-0.2, 0) is 11.4 Å². The van der Waals surface area contributed by atoms with Crippen LogP contribution in [0.25, 0.3) is 0 Å². The van der Waals surface area contributed by atoms with E-state index in [1.807, 2.05) is 24.3 Å². The molecule has 0 spiro atoms. The van der Waals surface area contributed by atoms with E-state index in [2.05, 4.69) is 4.84 Å². The largest absolute Gasteiger partial charge is 0.326 e. The Morgan fingerprint density at radius 1 is 1.44 bits per heavy atom. The molecule has 0 bridgehead atoms. The Morgan fingerprint density at radius 2 is 2.25 bits per heavy atom. The lowest BCUT2D eigenvalue weighted by atomic mass is 10.2. The minimum atomic E-state index is 0.0332. The Balaban J connectivity index is 2.20. The molecule has 2 rings (SSSR count). The van der Waals surface area contributed by atoms with Crippen LogP contribution < -0.4 is 10.8 Å². The number of hydrogen-bond donors (Lipinski definition) is 1. The summed E-state index contributed by atoms with van der Waals surface area (Å²) in [4.78, 5) is 19.8. The minimum absolute atomic E-state index is 0.0332. The zero-order valence-electron chi connectivity index (χ0n) is 9.22. The van der Waals surface area contributed by atoms with Crippen LogP contribution in [0.15, 0.2) is 24.3 Å². The molecule has 86 valence electrons. The van der Waals surface area contributed by atoms with E-state index in [0.717, 1.165) is 24.3 Å². The average molecular weight is 221 g/mol. The Kier molecular flexibility index (Phi) is 3.07. The van der Waals surface area contributed by atoms with Crippen LogP contribution in [0.5, 0.6) is 0 Å². The van der Waals surface area contributed by atoms with E-state index in [1.54, 1.807) is 16.8 Å². The van der Waals surface area contributed by atoms with E-state index in [1.165, 1.54) is 0 Å². The Morgan fingerprint density at radius 3 is 2.88 bits per heavy atom. The number of anilines is 1. The molecule has 0 saturated carbocycles. The van der Waals surface area contributed by atoms with Crippen LogP contribution in [0.4, 0.5) is 10.5 Å². The van der Waals surface area contributed by atoms with Crippen molar-refractivity contribution in [2.75, 3.05) is 25.0 Å². The van der Waals surface area contributed by atoms with Gasteiger partial charge in [-0.25, -0.2) is 10.7 Å². The quantitative estimate of drug-likeness (QED) is 0.773. The number of benzene rings is 1.